The first-order chi connectivity index (χ1) is 32.6. The van der Waals surface area contributed by atoms with E-state index in [1.54, 1.807) is 30.3 Å². The summed E-state index contributed by atoms with van der Waals surface area (Å²) in [5, 5.41) is 71.6. The molecule has 28 heteroatoms. The molecule has 69 heavy (non-hydrogen) atoms. The maximum absolute atomic E-state index is 14.0. The van der Waals surface area contributed by atoms with Gasteiger partial charge in [0.1, 0.15) is 24.2 Å². The standard InChI is InChI=1S/C41H62N12O16/c42-41(43)45-12-6-10-26-37(66)46-19-30(54)47-29(18-32(56)57)40(69)50-28(17-25-7-2-1-3-8-25)39(68)49-27(38(67)48-26)9-4-5-11-44-31(55)20-52(22-34(60)61)15-13-51(21-33(58)59)14-16-53(23-35(62)63)24-36(64)65/h1-3,7-8,26-29H,4-6,9-24H2,(H,44,55)(H,46,66)(H,47,54)(H,48,67)(H,49,68)(H,50,69)(H,56,57)(H,58,59)(H,60,61)(H,62,63)(H,64,65)(H4,42,43,45)/t26-,27-,28+,29-/m0/s1. The summed E-state index contributed by atoms with van der Waals surface area (Å²) in [7, 11) is 0. The number of rotatable bonds is 29. The Morgan fingerprint density at radius 2 is 1.03 bits per heavy atom. The second kappa shape index (κ2) is 30.8. The van der Waals surface area contributed by atoms with E-state index in [4.69, 9.17) is 21.4 Å². The molecule has 1 fully saturated rings. The molecule has 1 saturated heterocycles. The Morgan fingerprint density at radius 1 is 0.565 bits per heavy atom. The first-order valence-electron chi connectivity index (χ1n) is 21.7. The molecule has 0 saturated carbocycles. The van der Waals surface area contributed by atoms with Crippen molar-refractivity contribution in [2.45, 2.75) is 69.1 Å². The molecule has 28 nitrogen and oxygen atoms in total. The van der Waals surface area contributed by atoms with Gasteiger partial charge in [-0.05, 0) is 37.7 Å². The summed E-state index contributed by atoms with van der Waals surface area (Å²) in [6.07, 6.45) is -0.626. The smallest absolute Gasteiger partial charge is 0.317 e. The van der Waals surface area contributed by atoms with Crippen molar-refractivity contribution in [2.75, 3.05) is 78.5 Å². The highest BCUT2D eigenvalue weighted by Crippen LogP contribution is 2.09. The summed E-state index contributed by atoms with van der Waals surface area (Å²) in [5.74, 6) is -12.1. The zero-order chi connectivity index (χ0) is 51.5. The number of benzene rings is 1. The number of nitrogens with one attached hydrogen (secondary N) is 8. The minimum Gasteiger partial charge on any atom is -0.481 e. The number of carboxylic acids is 5. The summed E-state index contributed by atoms with van der Waals surface area (Å²) < 4.78 is 0. The van der Waals surface area contributed by atoms with Crippen molar-refractivity contribution in [3.8, 4) is 0 Å². The molecule has 1 heterocycles. The Kier molecular flexibility index (Phi) is 25.7. The van der Waals surface area contributed by atoms with Crippen molar-refractivity contribution in [2.24, 2.45) is 5.73 Å². The number of amides is 6. The molecule has 0 unspecified atom stereocenters. The molecule has 1 aliphatic rings. The van der Waals surface area contributed by atoms with Crippen LogP contribution in [0.1, 0.15) is 44.1 Å². The second-order valence-electron chi connectivity index (χ2n) is 15.9. The number of carbonyl (C=O) groups excluding carboxylic acids is 6. The third-order valence-corrected chi connectivity index (χ3v) is 10.1. The number of hydrogen-bond donors (Lipinski definition) is 14. The Hall–Kier alpha value is -7.46. The van der Waals surface area contributed by atoms with E-state index in [0.29, 0.717) is 5.56 Å². The lowest BCUT2D eigenvalue weighted by molar-refractivity contribution is -0.143. The molecule has 0 aromatic heterocycles. The largest absolute Gasteiger partial charge is 0.481 e. The van der Waals surface area contributed by atoms with E-state index in [2.05, 4.69) is 37.2 Å². The van der Waals surface area contributed by atoms with Crippen LogP contribution in [0.5, 0.6) is 0 Å². The van der Waals surface area contributed by atoms with Crippen molar-refractivity contribution in [1.82, 2.24) is 51.9 Å². The molecule has 0 aliphatic carbocycles. The van der Waals surface area contributed by atoms with E-state index in [1.807, 2.05) is 0 Å². The third-order valence-electron chi connectivity index (χ3n) is 10.1. The normalized spacial score (nSPS) is 18.1. The lowest BCUT2D eigenvalue weighted by Crippen LogP contribution is -2.58. The number of aliphatic carboxylic acids is 5. The molecule has 0 spiro atoms. The Balaban J connectivity index is 2.26. The molecule has 382 valence electrons. The molecular formula is C41H62N12O16. The Bertz CT molecular complexity index is 1960. The third kappa shape index (κ3) is 25.3. The highest BCUT2D eigenvalue weighted by molar-refractivity contribution is 5.98. The van der Waals surface area contributed by atoms with Gasteiger partial charge in [-0.1, -0.05) is 30.3 Å². The summed E-state index contributed by atoms with van der Waals surface area (Å²) in [6, 6.07) is 2.64. The van der Waals surface area contributed by atoms with Gasteiger partial charge in [-0.15, -0.1) is 0 Å². The second-order valence-corrected chi connectivity index (χ2v) is 15.9. The van der Waals surface area contributed by atoms with E-state index in [1.165, 1.54) is 9.80 Å². The van der Waals surface area contributed by atoms with Crippen LogP contribution in [0.3, 0.4) is 0 Å². The van der Waals surface area contributed by atoms with Gasteiger partial charge >= 0.3 is 29.8 Å². The van der Waals surface area contributed by atoms with Crippen LogP contribution < -0.4 is 43.0 Å². The fourth-order valence-electron chi connectivity index (χ4n) is 6.85. The van der Waals surface area contributed by atoms with E-state index >= 15 is 0 Å². The van der Waals surface area contributed by atoms with Gasteiger partial charge in [-0.2, -0.15) is 0 Å². The van der Waals surface area contributed by atoms with Crippen LogP contribution in [-0.4, -0.2) is 214 Å². The fourth-order valence-corrected chi connectivity index (χ4v) is 6.85. The number of unbranched alkanes of at least 4 members (excludes halogenated alkanes) is 1. The quantitative estimate of drug-likeness (QED) is 0.0202. The van der Waals surface area contributed by atoms with Crippen molar-refractivity contribution in [1.29, 1.82) is 5.41 Å². The summed E-state index contributed by atoms with van der Waals surface area (Å²) in [4.78, 5) is 142. The van der Waals surface area contributed by atoms with Crippen molar-refractivity contribution in [3.05, 3.63) is 35.9 Å². The van der Waals surface area contributed by atoms with Crippen molar-refractivity contribution >= 4 is 71.2 Å². The van der Waals surface area contributed by atoms with Gasteiger partial charge in [0.25, 0.3) is 0 Å². The predicted octanol–water partition coefficient (Wildman–Crippen LogP) is -5.43. The van der Waals surface area contributed by atoms with Crippen molar-refractivity contribution < 1.29 is 78.3 Å². The molecule has 1 aromatic carbocycles. The van der Waals surface area contributed by atoms with Crippen LogP contribution in [0.2, 0.25) is 0 Å². The Morgan fingerprint density at radius 3 is 1.58 bits per heavy atom. The number of carboxylic acid groups (broad SMARTS) is 5. The van der Waals surface area contributed by atoms with Crippen LogP contribution in [-0.2, 0) is 59.2 Å². The van der Waals surface area contributed by atoms with Crippen LogP contribution in [0.4, 0.5) is 0 Å². The van der Waals surface area contributed by atoms with E-state index < -0.39 is 135 Å². The number of guanidine groups is 1. The van der Waals surface area contributed by atoms with Crippen LogP contribution >= 0.6 is 0 Å². The molecule has 0 radical (unpaired) electrons. The number of carbonyl (C=O) groups is 11. The summed E-state index contributed by atoms with van der Waals surface area (Å²) in [6.45, 7) is -3.97. The zero-order valence-corrected chi connectivity index (χ0v) is 37.8. The monoisotopic (exact) mass is 978 g/mol. The molecule has 0 bridgehead atoms. The topological polar surface area (TPSA) is 433 Å². The fraction of sp³-hybridized carbons (Fsp3) is 0.561. The average molecular weight is 979 g/mol. The lowest BCUT2D eigenvalue weighted by Gasteiger charge is -2.27. The highest BCUT2D eigenvalue weighted by Gasteiger charge is 2.33. The SMILES string of the molecule is N=C(N)NCCC[C@@H]1NC(=O)[C@H](CCCCNC(=O)CN(CCN(CCN(CC(=O)O)CC(=O)O)CC(=O)O)CC(=O)O)NC(=O)[C@@H](Cc2ccccc2)NC(=O)[C@H](CC(=O)O)NC(=O)CNC1=O. The average Bonchev–Trinajstić information content (AvgIpc) is 3.25. The van der Waals surface area contributed by atoms with Gasteiger partial charge in [-0.25, -0.2) is 0 Å². The van der Waals surface area contributed by atoms with Crippen molar-refractivity contribution in [3.63, 3.8) is 0 Å². The number of nitrogens with zero attached hydrogens (tertiary/aromatic N) is 3. The van der Waals surface area contributed by atoms with E-state index in [-0.39, 0.29) is 83.8 Å². The lowest BCUT2D eigenvalue weighted by atomic mass is 10.0. The number of nitrogens with two attached hydrogens (primary N) is 1. The van der Waals surface area contributed by atoms with Crippen LogP contribution in [0, 0.1) is 5.41 Å². The molecule has 2 rings (SSSR count). The minimum absolute atomic E-state index is 0.0109. The molecule has 1 aromatic rings. The minimum atomic E-state index is -1.68. The first-order valence-corrected chi connectivity index (χ1v) is 21.7. The molecule has 6 amide bonds. The van der Waals surface area contributed by atoms with E-state index in [9.17, 15) is 68.1 Å². The predicted molar refractivity (Wildman–Crippen MR) is 239 cm³/mol. The van der Waals surface area contributed by atoms with Gasteiger partial charge in [-0.3, -0.25) is 72.8 Å². The van der Waals surface area contributed by atoms with Gasteiger partial charge in [0.15, 0.2) is 5.96 Å². The highest BCUT2D eigenvalue weighted by atomic mass is 16.4. The van der Waals surface area contributed by atoms with Gasteiger partial charge in [0, 0.05) is 45.7 Å². The molecule has 15 N–H and O–H groups in total. The van der Waals surface area contributed by atoms with Gasteiger partial charge < -0.3 is 68.5 Å². The summed E-state index contributed by atoms with van der Waals surface area (Å²) >= 11 is 0. The Labute approximate surface area is 395 Å². The maximum atomic E-state index is 14.0. The maximum Gasteiger partial charge on any atom is 0.317 e. The van der Waals surface area contributed by atoms with Gasteiger partial charge in [0.2, 0.25) is 35.4 Å². The molecule has 1 aliphatic heterocycles. The van der Waals surface area contributed by atoms with Crippen LogP contribution in [0.25, 0.3) is 0 Å². The van der Waals surface area contributed by atoms with Crippen LogP contribution in [0.15, 0.2) is 30.3 Å². The summed E-state index contributed by atoms with van der Waals surface area (Å²) in [5.41, 5.74) is 5.92. The van der Waals surface area contributed by atoms with E-state index in [0.717, 1.165) is 4.90 Å². The first kappa shape index (κ1) is 57.7. The number of hydrogen-bond acceptors (Lipinski definition) is 15. The zero-order valence-electron chi connectivity index (χ0n) is 37.8. The molecule has 4 atom stereocenters. The van der Waals surface area contributed by atoms with Gasteiger partial charge in [0.05, 0.1) is 45.7 Å². The molecular weight excluding hydrogens is 917 g/mol.